The summed E-state index contributed by atoms with van der Waals surface area (Å²) in [6, 6.07) is -0.263. The molecule has 4 heteroatoms. The van der Waals surface area contributed by atoms with Gasteiger partial charge in [0.25, 0.3) is 0 Å². The molecule has 1 saturated carbocycles. The van der Waals surface area contributed by atoms with Crippen LogP contribution in [0.2, 0.25) is 0 Å². The van der Waals surface area contributed by atoms with Crippen molar-refractivity contribution in [1.82, 2.24) is 5.32 Å². The van der Waals surface area contributed by atoms with Crippen LogP contribution in [0.25, 0.3) is 0 Å². The summed E-state index contributed by atoms with van der Waals surface area (Å²) >= 11 is 0. The molecule has 0 saturated heterocycles. The van der Waals surface area contributed by atoms with Gasteiger partial charge in [-0.25, -0.2) is 0 Å². The Morgan fingerprint density at radius 3 is 2.67 bits per heavy atom. The lowest BCUT2D eigenvalue weighted by Gasteiger charge is -2.13. The summed E-state index contributed by atoms with van der Waals surface area (Å²) in [5.74, 6) is -0.930. The second-order valence-corrected chi connectivity index (χ2v) is 3.33. The van der Waals surface area contributed by atoms with E-state index >= 15 is 0 Å². The Kier molecular flexibility index (Phi) is 3.49. The molecule has 1 unspecified atom stereocenters. The molecule has 4 nitrogen and oxygen atoms in total. The van der Waals surface area contributed by atoms with E-state index in [-0.39, 0.29) is 0 Å². The molecule has 1 rings (SSSR count). The van der Waals surface area contributed by atoms with Gasteiger partial charge < -0.3 is 16.2 Å². The number of rotatable bonds is 4. The molecule has 0 bridgehead atoms. The van der Waals surface area contributed by atoms with Crippen LogP contribution in [-0.4, -0.2) is 29.7 Å². The summed E-state index contributed by atoms with van der Waals surface area (Å²) < 4.78 is 0. The fraction of sp³-hybridized carbons (Fsp3) is 0.875. The largest absolute Gasteiger partial charge is 0.480 e. The fourth-order valence-corrected chi connectivity index (χ4v) is 1.51. The van der Waals surface area contributed by atoms with Crippen molar-refractivity contribution in [3.63, 3.8) is 0 Å². The van der Waals surface area contributed by atoms with Gasteiger partial charge in [0.05, 0.1) is 0 Å². The van der Waals surface area contributed by atoms with Gasteiger partial charge in [-0.05, 0) is 12.8 Å². The number of nitrogens with two attached hydrogens (primary N) is 1. The number of nitrogens with one attached hydrogen (secondary N) is 1. The van der Waals surface area contributed by atoms with Crippen molar-refractivity contribution < 1.29 is 9.90 Å². The standard InChI is InChI=1S/C8H16N2O2/c9-7(8(11)12)5-10-6-3-1-2-4-6/h6-7,10H,1-5,9H2,(H,11,12). The van der Waals surface area contributed by atoms with Gasteiger partial charge in [-0.15, -0.1) is 0 Å². The van der Waals surface area contributed by atoms with Crippen molar-refractivity contribution >= 4 is 5.97 Å². The zero-order valence-electron chi connectivity index (χ0n) is 7.12. The van der Waals surface area contributed by atoms with Crippen molar-refractivity contribution in [3.05, 3.63) is 0 Å². The molecule has 0 heterocycles. The Morgan fingerprint density at radius 1 is 1.58 bits per heavy atom. The van der Waals surface area contributed by atoms with Gasteiger partial charge >= 0.3 is 5.97 Å². The number of hydrogen-bond acceptors (Lipinski definition) is 3. The highest BCUT2D eigenvalue weighted by molar-refractivity contribution is 5.73. The highest BCUT2D eigenvalue weighted by atomic mass is 16.4. The summed E-state index contributed by atoms with van der Waals surface area (Å²) in [7, 11) is 0. The van der Waals surface area contributed by atoms with Crippen molar-refractivity contribution in [3.8, 4) is 0 Å². The summed E-state index contributed by atoms with van der Waals surface area (Å²) in [6.07, 6.45) is 4.82. The molecular weight excluding hydrogens is 156 g/mol. The molecule has 0 amide bonds. The van der Waals surface area contributed by atoms with Crippen LogP contribution in [0.15, 0.2) is 0 Å². The van der Waals surface area contributed by atoms with Gasteiger partial charge in [0.15, 0.2) is 0 Å². The minimum atomic E-state index is -0.930. The topological polar surface area (TPSA) is 75.3 Å². The van der Waals surface area contributed by atoms with Gasteiger partial charge in [0, 0.05) is 12.6 Å². The highest BCUT2D eigenvalue weighted by Crippen LogP contribution is 2.17. The van der Waals surface area contributed by atoms with E-state index in [1.807, 2.05) is 0 Å². The van der Waals surface area contributed by atoms with E-state index in [0.717, 1.165) is 12.8 Å². The summed E-state index contributed by atoms with van der Waals surface area (Å²) in [5, 5.41) is 11.6. The van der Waals surface area contributed by atoms with Gasteiger partial charge in [-0.1, -0.05) is 12.8 Å². The Labute approximate surface area is 72.1 Å². The molecule has 0 aromatic heterocycles. The molecule has 4 N–H and O–H groups in total. The molecule has 12 heavy (non-hydrogen) atoms. The molecule has 0 aromatic carbocycles. The van der Waals surface area contributed by atoms with E-state index in [2.05, 4.69) is 5.32 Å². The average Bonchev–Trinajstić information content (AvgIpc) is 2.51. The van der Waals surface area contributed by atoms with E-state index in [1.54, 1.807) is 0 Å². The molecule has 1 atom stereocenters. The first-order chi connectivity index (χ1) is 5.70. The van der Waals surface area contributed by atoms with E-state index in [1.165, 1.54) is 12.8 Å². The first-order valence-corrected chi connectivity index (χ1v) is 4.42. The highest BCUT2D eigenvalue weighted by Gasteiger charge is 2.17. The van der Waals surface area contributed by atoms with Crippen LogP contribution in [0.4, 0.5) is 0 Å². The molecule has 0 aromatic rings. The van der Waals surface area contributed by atoms with E-state index < -0.39 is 12.0 Å². The third-order valence-electron chi connectivity index (χ3n) is 2.30. The SMILES string of the molecule is NC(CNC1CCCC1)C(=O)O. The first kappa shape index (κ1) is 9.48. The van der Waals surface area contributed by atoms with Crippen LogP contribution in [0.1, 0.15) is 25.7 Å². The molecular formula is C8H16N2O2. The molecule has 70 valence electrons. The van der Waals surface area contributed by atoms with E-state index in [9.17, 15) is 4.79 Å². The number of carbonyl (C=O) groups is 1. The van der Waals surface area contributed by atoms with Crippen LogP contribution in [0.5, 0.6) is 0 Å². The van der Waals surface area contributed by atoms with Crippen molar-refractivity contribution in [1.29, 1.82) is 0 Å². The quantitative estimate of drug-likeness (QED) is 0.555. The van der Waals surface area contributed by atoms with Crippen LogP contribution in [0.3, 0.4) is 0 Å². The number of aliphatic carboxylic acids is 1. The first-order valence-electron chi connectivity index (χ1n) is 4.42. The van der Waals surface area contributed by atoms with Crippen molar-refractivity contribution in [2.75, 3.05) is 6.54 Å². The third kappa shape index (κ3) is 2.79. The minimum Gasteiger partial charge on any atom is -0.480 e. The zero-order valence-corrected chi connectivity index (χ0v) is 7.12. The molecule has 1 aliphatic carbocycles. The Balaban J connectivity index is 2.11. The zero-order chi connectivity index (χ0) is 8.97. The monoisotopic (exact) mass is 172 g/mol. The molecule has 0 spiro atoms. The van der Waals surface area contributed by atoms with Crippen molar-refractivity contribution in [2.24, 2.45) is 5.73 Å². The number of carboxylic acids is 1. The summed E-state index contributed by atoms with van der Waals surface area (Å²) in [5.41, 5.74) is 5.33. The van der Waals surface area contributed by atoms with E-state index in [4.69, 9.17) is 10.8 Å². The summed E-state index contributed by atoms with van der Waals surface area (Å²) in [6.45, 7) is 0.389. The van der Waals surface area contributed by atoms with Crippen LogP contribution in [-0.2, 0) is 4.79 Å². The molecule has 1 aliphatic rings. The fourth-order valence-electron chi connectivity index (χ4n) is 1.51. The lowest BCUT2D eigenvalue weighted by atomic mass is 10.2. The molecule has 1 fully saturated rings. The Hall–Kier alpha value is -0.610. The van der Waals surface area contributed by atoms with Gasteiger partial charge in [0.1, 0.15) is 6.04 Å². The maximum absolute atomic E-state index is 10.3. The maximum atomic E-state index is 10.3. The minimum absolute atomic E-state index is 0.389. The van der Waals surface area contributed by atoms with Gasteiger partial charge in [0.2, 0.25) is 0 Å². The smallest absolute Gasteiger partial charge is 0.321 e. The van der Waals surface area contributed by atoms with Crippen LogP contribution < -0.4 is 11.1 Å². The predicted octanol–water partition coefficient (Wildman–Crippen LogP) is -0.0695. The number of hydrogen-bond donors (Lipinski definition) is 3. The van der Waals surface area contributed by atoms with Crippen molar-refractivity contribution in [2.45, 2.75) is 37.8 Å². The average molecular weight is 172 g/mol. The molecule has 0 radical (unpaired) electrons. The maximum Gasteiger partial charge on any atom is 0.321 e. The van der Waals surface area contributed by atoms with E-state index in [0.29, 0.717) is 12.6 Å². The molecule has 0 aliphatic heterocycles. The van der Waals surface area contributed by atoms with Gasteiger partial charge in [-0.3, -0.25) is 4.79 Å². The Morgan fingerprint density at radius 2 is 2.17 bits per heavy atom. The van der Waals surface area contributed by atoms with Crippen LogP contribution in [0, 0.1) is 0 Å². The summed E-state index contributed by atoms with van der Waals surface area (Å²) in [4.78, 5) is 10.3. The van der Waals surface area contributed by atoms with Crippen LogP contribution >= 0.6 is 0 Å². The lowest BCUT2D eigenvalue weighted by Crippen LogP contribution is -2.43. The number of carboxylic acid groups (broad SMARTS) is 1. The lowest BCUT2D eigenvalue weighted by molar-refractivity contribution is -0.138. The Bertz CT molecular complexity index is 155. The third-order valence-corrected chi connectivity index (χ3v) is 2.30. The predicted molar refractivity (Wildman–Crippen MR) is 45.9 cm³/mol. The second kappa shape index (κ2) is 4.42. The van der Waals surface area contributed by atoms with Gasteiger partial charge in [-0.2, -0.15) is 0 Å². The normalized spacial score (nSPS) is 21.1. The second-order valence-electron chi connectivity index (χ2n) is 3.33.